The number of nitrogens with two attached hydrogens (primary N) is 1. The van der Waals surface area contributed by atoms with Crippen LogP contribution in [-0.2, 0) is 9.59 Å². The number of halogens is 1. The van der Waals surface area contributed by atoms with Gasteiger partial charge >= 0.3 is 0 Å². The number of para-hydroxylation sites is 1. The molecular formula is C21H24ClN4O3+. The van der Waals surface area contributed by atoms with Crippen molar-refractivity contribution in [2.24, 2.45) is 11.7 Å². The van der Waals surface area contributed by atoms with E-state index in [1.54, 1.807) is 48.5 Å². The monoisotopic (exact) mass is 415 g/mol. The Labute approximate surface area is 174 Å². The summed E-state index contributed by atoms with van der Waals surface area (Å²) < 4.78 is 0. The highest BCUT2D eigenvalue weighted by Crippen LogP contribution is 2.19. The van der Waals surface area contributed by atoms with Gasteiger partial charge in [0, 0.05) is 29.5 Å². The molecule has 1 saturated heterocycles. The van der Waals surface area contributed by atoms with E-state index in [0.717, 1.165) is 18.0 Å². The number of nitrogens with one attached hydrogen (secondary N) is 3. The van der Waals surface area contributed by atoms with Crippen LogP contribution in [0.2, 0.25) is 5.02 Å². The van der Waals surface area contributed by atoms with Gasteiger partial charge in [-0.3, -0.25) is 14.4 Å². The van der Waals surface area contributed by atoms with Crippen molar-refractivity contribution >= 4 is 40.7 Å². The van der Waals surface area contributed by atoms with E-state index in [9.17, 15) is 14.4 Å². The van der Waals surface area contributed by atoms with Crippen molar-refractivity contribution in [2.45, 2.75) is 12.8 Å². The molecule has 1 heterocycles. The van der Waals surface area contributed by atoms with Crippen molar-refractivity contribution in [1.29, 1.82) is 0 Å². The minimum atomic E-state index is -0.321. The average molecular weight is 416 g/mol. The number of amides is 3. The van der Waals surface area contributed by atoms with E-state index in [0.29, 0.717) is 34.8 Å². The lowest BCUT2D eigenvalue weighted by atomic mass is 9.96. The molecule has 7 nitrogen and oxygen atoms in total. The van der Waals surface area contributed by atoms with Crippen LogP contribution in [-0.4, -0.2) is 37.4 Å². The predicted octanol–water partition coefficient (Wildman–Crippen LogP) is 1.31. The van der Waals surface area contributed by atoms with Crippen molar-refractivity contribution in [3.05, 3.63) is 59.1 Å². The maximum atomic E-state index is 12.6. The maximum absolute atomic E-state index is 12.6. The third kappa shape index (κ3) is 5.79. The molecule has 0 bridgehead atoms. The van der Waals surface area contributed by atoms with Gasteiger partial charge in [-0.2, -0.15) is 0 Å². The Morgan fingerprint density at radius 2 is 1.66 bits per heavy atom. The summed E-state index contributed by atoms with van der Waals surface area (Å²) in [6.45, 7) is 1.72. The highest BCUT2D eigenvalue weighted by molar-refractivity contribution is 6.30. The summed E-state index contributed by atoms with van der Waals surface area (Å²) in [5.74, 6) is -0.865. The van der Waals surface area contributed by atoms with Crippen LogP contribution in [0.1, 0.15) is 23.2 Å². The molecule has 5 N–H and O–H groups in total. The van der Waals surface area contributed by atoms with E-state index < -0.39 is 0 Å². The Morgan fingerprint density at radius 1 is 1.00 bits per heavy atom. The van der Waals surface area contributed by atoms with Crippen LogP contribution >= 0.6 is 11.6 Å². The molecule has 1 aliphatic heterocycles. The summed E-state index contributed by atoms with van der Waals surface area (Å²) in [6, 6.07) is 13.7. The van der Waals surface area contributed by atoms with Crippen LogP contribution in [0.4, 0.5) is 11.4 Å². The molecule has 152 valence electrons. The largest absolute Gasteiger partial charge is 0.369 e. The van der Waals surface area contributed by atoms with Gasteiger partial charge in [-0.25, -0.2) is 0 Å². The van der Waals surface area contributed by atoms with Crippen LogP contribution in [0.15, 0.2) is 48.5 Å². The van der Waals surface area contributed by atoms with Gasteiger partial charge in [-0.1, -0.05) is 23.7 Å². The molecule has 0 aliphatic carbocycles. The smallest absolute Gasteiger partial charge is 0.279 e. The van der Waals surface area contributed by atoms with Crippen LogP contribution in [0.3, 0.4) is 0 Å². The number of piperidine rings is 1. The first kappa shape index (κ1) is 20.8. The van der Waals surface area contributed by atoms with Gasteiger partial charge in [0.2, 0.25) is 5.91 Å². The molecule has 2 aromatic rings. The van der Waals surface area contributed by atoms with Crippen molar-refractivity contribution < 1.29 is 19.3 Å². The molecular weight excluding hydrogens is 392 g/mol. The SMILES string of the molecule is NC(=O)C1CC[NH+](CC(=O)Nc2ccccc2C(=O)Nc2ccc(Cl)cc2)CC1. The number of hydrogen-bond acceptors (Lipinski definition) is 3. The molecule has 1 aliphatic rings. The van der Waals surface area contributed by atoms with E-state index in [2.05, 4.69) is 10.6 Å². The molecule has 3 amide bonds. The molecule has 0 unspecified atom stereocenters. The van der Waals surface area contributed by atoms with Gasteiger partial charge in [0.05, 0.1) is 24.3 Å². The summed E-state index contributed by atoms with van der Waals surface area (Å²) >= 11 is 5.87. The van der Waals surface area contributed by atoms with E-state index in [1.165, 1.54) is 0 Å². The second-order valence-corrected chi connectivity index (χ2v) is 7.59. The number of hydrogen-bond donors (Lipinski definition) is 4. The lowest BCUT2D eigenvalue weighted by Crippen LogP contribution is -3.14. The number of primary amides is 1. The van der Waals surface area contributed by atoms with Crippen molar-refractivity contribution in [2.75, 3.05) is 30.3 Å². The van der Waals surface area contributed by atoms with E-state index >= 15 is 0 Å². The van der Waals surface area contributed by atoms with Crippen molar-refractivity contribution in [3.63, 3.8) is 0 Å². The number of likely N-dealkylation sites (tertiary alicyclic amines) is 1. The zero-order chi connectivity index (χ0) is 20.8. The lowest BCUT2D eigenvalue weighted by molar-refractivity contribution is -0.897. The average Bonchev–Trinajstić information content (AvgIpc) is 2.70. The minimum Gasteiger partial charge on any atom is -0.369 e. The first-order chi connectivity index (χ1) is 13.9. The number of benzene rings is 2. The highest BCUT2D eigenvalue weighted by atomic mass is 35.5. The molecule has 0 atom stereocenters. The second-order valence-electron chi connectivity index (χ2n) is 7.16. The van der Waals surface area contributed by atoms with E-state index in [4.69, 9.17) is 17.3 Å². The number of carbonyl (C=O) groups is 3. The Kier molecular flexibility index (Phi) is 6.85. The molecule has 0 saturated carbocycles. The topological polar surface area (TPSA) is 106 Å². The minimum absolute atomic E-state index is 0.0981. The molecule has 2 aromatic carbocycles. The normalized spacial score (nSPS) is 18.7. The first-order valence-electron chi connectivity index (χ1n) is 9.51. The molecule has 1 fully saturated rings. The number of anilines is 2. The standard InChI is InChI=1S/C21H23ClN4O3/c22-15-5-7-16(8-6-15)24-21(29)17-3-1-2-4-18(17)25-19(27)13-26-11-9-14(10-12-26)20(23)28/h1-8,14H,9-13H2,(H2,23,28)(H,24,29)(H,25,27)/p+1. The summed E-state index contributed by atoms with van der Waals surface area (Å²) in [5.41, 5.74) is 6.79. The predicted molar refractivity (Wildman–Crippen MR) is 112 cm³/mol. The summed E-state index contributed by atoms with van der Waals surface area (Å²) in [6.07, 6.45) is 1.38. The summed E-state index contributed by atoms with van der Waals surface area (Å²) in [5, 5.41) is 6.21. The molecule has 8 heteroatoms. The van der Waals surface area contributed by atoms with Gasteiger partial charge in [-0.05, 0) is 36.4 Å². The number of carbonyl (C=O) groups excluding carboxylic acids is 3. The quantitative estimate of drug-likeness (QED) is 0.571. The fourth-order valence-electron chi connectivity index (χ4n) is 3.43. The summed E-state index contributed by atoms with van der Waals surface area (Å²) in [4.78, 5) is 37.5. The third-order valence-electron chi connectivity index (χ3n) is 5.05. The Hall–Kier alpha value is -2.90. The van der Waals surface area contributed by atoms with Gasteiger partial charge in [0.1, 0.15) is 0 Å². The van der Waals surface area contributed by atoms with Crippen molar-refractivity contribution in [3.8, 4) is 0 Å². The highest BCUT2D eigenvalue weighted by Gasteiger charge is 2.27. The zero-order valence-corrected chi connectivity index (χ0v) is 16.7. The van der Waals surface area contributed by atoms with Crippen LogP contribution in [0, 0.1) is 5.92 Å². The van der Waals surface area contributed by atoms with Crippen molar-refractivity contribution in [1.82, 2.24) is 0 Å². The first-order valence-corrected chi connectivity index (χ1v) is 9.89. The van der Waals surface area contributed by atoms with E-state index in [1.807, 2.05) is 0 Å². The molecule has 3 rings (SSSR count). The third-order valence-corrected chi connectivity index (χ3v) is 5.31. The molecule has 0 radical (unpaired) electrons. The van der Waals surface area contributed by atoms with Crippen LogP contribution in [0.5, 0.6) is 0 Å². The Morgan fingerprint density at radius 3 is 2.31 bits per heavy atom. The fourth-order valence-corrected chi connectivity index (χ4v) is 3.56. The van der Waals surface area contributed by atoms with E-state index in [-0.39, 0.29) is 30.2 Å². The van der Waals surface area contributed by atoms with Crippen LogP contribution < -0.4 is 21.3 Å². The summed E-state index contributed by atoms with van der Waals surface area (Å²) in [7, 11) is 0. The number of rotatable bonds is 6. The van der Waals surface area contributed by atoms with Gasteiger partial charge < -0.3 is 21.3 Å². The Bertz CT molecular complexity index is 893. The zero-order valence-electron chi connectivity index (χ0n) is 15.9. The van der Waals surface area contributed by atoms with Crippen LogP contribution in [0.25, 0.3) is 0 Å². The molecule has 0 spiro atoms. The molecule has 29 heavy (non-hydrogen) atoms. The van der Waals surface area contributed by atoms with Gasteiger partial charge in [0.15, 0.2) is 6.54 Å². The fraction of sp³-hybridized carbons (Fsp3) is 0.286. The Balaban J connectivity index is 1.60. The van der Waals surface area contributed by atoms with Gasteiger partial charge in [0.25, 0.3) is 11.8 Å². The van der Waals surface area contributed by atoms with Gasteiger partial charge in [-0.15, -0.1) is 0 Å². The maximum Gasteiger partial charge on any atom is 0.279 e. The number of quaternary nitrogens is 1. The second kappa shape index (κ2) is 9.54. The lowest BCUT2D eigenvalue weighted by Gasteiger charge is -2.27. The molecule has 0 aromatic heterocycles.